The van der Waals surface area contributed by atoms with Crippen molar-refractivity contribution in [3.8, 4) is 5.75 Å². The molecular formula is C11H13ClN2O3. The van der Waals surface area contributed by atoms with Crippen molar-refractivity contribution in [2.75, 3.05) is 6.54 Å². The minimum absolute atomic E-state index is 0.210. The van der Waals surface area contributed by atoms with Crippen molar-refractivity contribution in [2.24, 2.45) is 0 Å². The second-order valence-electron chi connectivity index (χ2n) is 4.06. The van der Waals surface area contributed by atoms with Gasteiger partial charge in [-0.1, -0.05) is 11.6 Å². The summed E-state index contributed by atoms with van der Waals surface area (Å²) in [4.78, 5) is 16.6. The number of halogens is 1. The highest BCUT2D eigenvalue weighted by atomic mass is 35.5. The second-order valence-corrected chi connectivity index (χ2v) is 4.44. The Balaban J connectivity index is 2.47. The van der Waals surface area contributed by atoms with Crippen LogP contribution in [-0.2, 0) is 0 Å². The van der Waals surface area contributed by atoms with Gasteiger partial charge in [-0.25, -0.2) is 9.78 Å². The van der Waals surface area contributed by atoms with Gasteiger partial charge in [-0.15, -0.1) is 0 Å². The van der Waals surface area contributed by atoms with Crippen LogP contribution in [0.1, 0.15) is 25.6 Å². The number of hydrogen-bond donors (Lipinski definition) is 1. The number of rotatable bonds is 0. The number of amides is 1. The highest BCUT2D eigenvalue weighted by Gasteiger charge is 2.30. The van der Waals surface area contributed by atoms with Crippen molar-refractivity contribution in [3.05, 3.63) is 23.0 Å². The van der Waals surface area contributed by atoms with Crippen molar-refractivity contribution in [1.82, 2.24) is 9.88 Å². The molecule has 0 fully saturated rings. The highest BCUT2D eigenvalue weighted by Crippen LogP contribution is 2.32. The van der Waals surface area contributed by atoms with Crippen LogP contribution in [0.2, 0.25) is 5.15 Å². The van der Waals surface area contributed by atoms with Gasteiger partial charge in [0, 0.05) is 0 Å². The van der Waals surface area contributed by atoms with Crippen LogP contribution >= 0.6 is 11.6 Å². The van der Waals surface area contributed by atoms with Crippen molar-refractivity contribution < 1.29 is 14.6 Å². The Hall–Kier alpha value is -1.49. The number of pyridine rings is 1. The molecule has 0 unspecified atom stereocenters. The summed E-state index contributed by atoms with van der Waals surface area (Å²) in [5.41, 5.74) is 0.559. The molecule has 0 aromatic carbocycles. The van der Waals surface area contributed by atoms with Crippen LogP contribution in [0.4, 0.5) is 4.79 Å². The lowest BCUT2D eigenvalue weighted by Crippen LogP contribution is -2.37. The van der Waals surface area contributed by atoms with Crippen LogP contribution in [0.15, 0.2) is 12.1 Å². The number of carboxylic acid groups (broad SMARTS) is 1. The van der Waals surface area contributed by atoms with Crippen LogP contribution in [0.3, 0.4) is 0 Å². The molecule has 0 bridgehead atoms. The van der Waals surface area contributed by atoms with E-state index in [2.05, 4.69) is 4.98 Å². The van der Waals surface area contributed by atoms with Crippen molar-refractivity contribution >= 4 is 17.7 Å². The average Bonchev–Trinajstić information content (AvgIpc) is 2.38. The summed E-state index contributed by atoms with van der Waals surface area (Å²) in [5, 5.41) is 9.49. The van der Waals surface area contributed by atoms with E-state index in [0.29, 0.717) is 23.1 Å². The second kappa shape index (κ2) is 4.41. The van der Waals surface area contributed by atoms with E-state index in [1.54, 1.807) is 19.1 Å². The summed E-state index contributed by atoms with van der Waals surface area (Å²) in [7, 11) is 0. The van der Waals surface area contributed by atoms with Gasteiger partial charge in [-0.3, -0.25) is 4.90 Å². The molecule has 1 aromatic heterocycles. The Bertz CT molecular complexity index is 452. The monoisotopic (exact) mass is 256 g/mol. The van der Waals surface area contributed by atoms with E-state index in [4.69, 9.17) is 21.4 Å². The summed E-state index contributed by atoms with van der Waals surface area (Å²) in [6.07, 6.45) is -1.19. The van der Waals surface area contributed by atoms with Gasteiger partial charge in [0.2, 0.25) is 0 Å². The number of carbonyl (C=O) groups is 1. The molecule has 1 aliphatic rings. The molecule has 5 nitrogen and oxygen atoms in total. The predicted octanol–water partition coefficient (Wildman–Crippen LogP) is 2.56. The van der Waals surface area contributed by atoms with Crippen LogP contribution in [0.25, 0.3) is 0 Å². The number of ether oxygens (including phenoxy) is 1. The maximum Gasteiger partial charge on any atom is 0.407 e. The quantitative estimate of drug-likeness (QED) is 0.725. The van der Waals surface area contributed by atoms with E-state index in [0.717, 1.165) is 0 Å². The van der Waals surface area contributed by atoms with Gasteiger partial charge in [0.05, 0.1) is 12.6 Å². The van der Waals surface area contributed by atoms with E-state index < -0.39 is 6.09 Å². The molecule has 6 heteroatoms. The molecule has 0 saturated heterocycles. The molecule has 1 amide bonds. The van der Waals surface area contributed by atoms with Crippen LogP contribution in [0.5, 0.6) is 5.75 Å². The minimum atomic E-state index is -0.984. The van der Waals surface area contributed by atoms with Crippen LogP contribution in [0, 0.1) is 0 Å². The van der Waals surface area contributed by atoms with E-state index in [-0.39, 0.29) is 12.1 Å². The van der Waals surface area contributed by atoms with Gasteiger partial charge >= 0.3 is 6.09 Å². The molecule has 2 heterocycles. The Labute approximate surface area is 104 Å². The van der Waals surface area contributed by atoms with Crippen molar-refractivity contribution in [1.29, 1.82) is 0 Å². The molecule has 1 N–H and O–H groups in total. The molecule has 1 aromatic rings. The van der Waals surface area contributed by atoms with E-state index in [9.17, 15) is 4.79 Å². The lowest BCUT2D eigenvalue weighted by atomic mass is 10.2. The third-order valence-corrected chi connectivity index (χ3v) is 2.95. The standard InChI is InChI=1S/C11H13ClN2O3/c1-6-5-14(11(15)16)7(2)10-8(17-6)3-4-9(12)13-10/h3-4,6-7H,5H2,1-2H3,(H,15,16)/t6-,7+/m1/s1. The first-order valence-corrected chi connectivity index (χ1v) is 5.69. The third-order valence-electron chi connectivity index (χ3n) is 2.74. The van der Waals surface area contributed by atoms with Gasteiger partial charge < -0.3 is 9.84 Å². The number of hydrogen-bond acceptors (Lipinski definition) is 3. The maximum atomic E-state index is 11.2. The summed E-state index contributed by atoms with van der Waals surface area (Å²) in [6.45, 7) is 3.91. The van der Waals surface area contributed by atoms with Crippen molar-refractivity contribution in [3.63, 3.8) is 0 Å². The first-order valence-electron chi connectivity index (χ1n) is 5.31. The molecule has 0 spiro atoms. The fourth-order valence-electron chi connectivity index (χ4n) is 1.92. The molecule has 92 valence electrons. The maximum absolute atomic E-state index is 11.2. The fourth-order valence-corrected chi connectivity index (χ4v) is 2.07. The molecule has 0 aliphatic carbocycles. The zero-order valence-corrected chi connectivity index (χ0v) is 10.3. The summed E-state index contributed by atoms with van der Waals surface area (Å²) in [6, 6.07) is 2.99. The molecule has 0 radical (unpaired) electrons. The average molecular weight is 257 g/mol. The van der Waals surface area contributed by atoms with Crippen molar-refractivity contribution in [2.45, 2.75) is 26.0 Å². The Morgan fingerprint density at radius 3 is 2.94 bits per heavy atom. The molecule has 2 rings (SSSR count). The smallest absolute Gasteiger partial charge is 0.407 e. The summed E-state index contributed by atoms with van der Waals surface area (Å²) < 4.78 is 5.64. The molecule has 17 heavy (non-hydrogen) atoms. The van der Waals surface area contributed by atoms with Gasteiger partial charge in [-0.05, 0) is 26.0 Å². The third kappa shape index (κ3) is 2.29. The zero-order valence-electron chi connectivity index (χ0n) is 9.55. The Kier molecular flexibility index (Phi) is 3.11. The molecular weight excluding hydrogens is 244 g/mol. The summed E-state index contributed by atoms with van der Waals surface area (Å²) >= 11 is 5.83. The SMILES string of the molecule is C[C@@H]1CN(C(=O)O)[C@@H](C)c2nc(Cl)ccc2O1. The normalized spacial score (nSPS) is 23.6. The lowest BCUT2D eigenvalue weighted by molar-refractivity contribution is 0.108. The number of nitrogens with zero attached hydrogens (tertiary/aromatic N) is 2. The Morgan fingerprint density at radius 1 is 1.59 bits per heavy atom. The zero-order chi connectivity index (χ0) is 12.6. The lowest BCUT2D eigenvalue weighted by Gasteiger charge is -2.24. The largest absolute Gasteiger partial charge is 0.487 e. The van der Waals surface area contributed by atoms with E-state index >= 15 is 0 Å². The fraction of sp³-hybridized carbons (Fsp3) is 0.455. The van der Waals surface area contributed by atoms with Crippen LogP contribution < -0.4 is 4.74 Å². The van der Waals surface area contributed by atoms with E-state index in [1.807, 2.05) is 6.92 Å². The number of aromatic nitrogens is 1. The topological polar surface area (TPSA) is 62.7 Å². The van der Waals surface area contributed by atoms with Gasteiger partial charge in [0.15, 0.2) is 0 Å². The number of fused-ring (bicyclic) bond motifs is 1. The van der Waals surface area contributed by atoms with Gasteiger partial charge in [0.25, 0.3) is 0 Å². The van der Waals surface area contributed by atoms with Gasteiger partial charge in [0.1, 0.15) is 22.7 Å². The molecule has 1 aliphatic heterocycles. The summed E-state index contributed by atoms with van der Waals surface area (Å²) in [5.74, 6) is 0.596. The van der Waals surface area contributed by atoms with Gasteiger partial charge in [-0.2, -0.15) is 0 Å². The molecule has 2 atom stereocenters. The van der Waals surface area contributed by atoms with E-state index in [1.165, 1.54) is 4.90 Å². The van der Waals surface area contributed by atoms with Crippen LogP contribution in [-0.4, -0.2) is 33.7 Å². The predicted molar refractivity (Wildman–Crippen MR) is 62.5 cm³/mol. The highest BCUT2D eigenvalue weighted by molar-refractivity contribution is 6.29. The Morgan fingerprint density at radius 2 is 2.29 bits per heavy atom. The first-order chi connectivity index (χ1) is 7.99. The first kappa shape index (κ1) is 12.0. The molecule has 0 saturated carbocycles. The minimum Gasteiger partial charge on any atom is -0.487 e.